The normalized spacial score (nSPS) is 10.2. The van der Waals surface area contributed by atoms with Crippen molar-refractivity contribution >= 4 is 11.6 Å². The molecule has 0 aliphatic rings. The first-order valence-corrected chi connectivity index (χ1v) is 6.06. The smallest absolute Gasteiger partial charge is 0.272 e. The number of anilines is 1. The summed E-state index contributed by atoms with van der Waals surface area (Å²) in [5.41, 5.74) is 1.75. The van der Waals surface area contributed by atoms with E-state index < -0.39 is 0 Å². The standard InChI is InChI=1S/C14H16N2O3/c1-2-19-13-6-5-11(8-10(13)9-17)16-14(18)12-4-3-7-15-12/h3-8,15,17H,2,9H2,1H3,(H,16,18). The fraction of sp³-hybridized carbons (Fsp3) is 0.214. The van der Waals surface area contributed by atoms with Crippen LogP contribution in [-0.2, 0) is 6.61 Å². The fourth-order valence-electron chi connectivity index (χ4n) is 1.75. The first-order chi connectivity index (χ1) is 9.24. The number of amides is 1. The van der Waals surface area contributed by atoms with Gasteiger partial charge in [-0.1, -0.05) is 0 Å². The van der Waals surface area contributed by atoms with E-state index in [2.05, 4.69) is 10.3 Å². The van der Waals surface area contributed by atoms with E-state index in [0.29, 0.717) is 29.3 Å². The summed E-state index contributed by atoms with van der Waals surface area (Å²) in [6, 6.07) is 8.62. The van der Waals surface area contributed by atoms with Crippen LogP contribution in [0.25, 0.3) is 0 Å². The molecule has 1 aromatic heterocycles. The van der Waals surface area contributed by atoms with Crippen molar-refractivity contribution < 1.29 is 14.6 Å². The Hall–Kier alpha value is -2.27. The minimum absolute atomic E-state index is 0.137. The van der Waals surface area contributed by atoms with Gasteiger partial charge in [0.1, 0.15) is 11.4 Å². The number of aromatic amines is 1. The van der Waals surface area contributed by atoms with Crippen molar-refractivity contribution in [1.29, 1.82) is 0 Å². The van der Waals surface area contributed by atoms with Gasteiger partial charge in [0.05, 0.1) is 13.2 Å². The van der Waals surface area contributed by atoms with Crippen LogP contribution in [0.2, 0.25) is 0 Å². The van der Waals surface area contributed by atoms with Gasteiger partial charge in [0.15, 0.2) is 0 Å². The molecule has 0 aliphatic heterocycles. The van der Waals surface area contributed by atoms with E-state index in [1.807, 2.05) is 6.92 Å². The molecule has 2 aromatic rings. The van der Waals surface area contributed by atoms with Crippen LogP contribution < -0.4 is 10.1 Å². The first-order valence-electron chi connectivity index (χ1n) is 6.06. The molecule has 0 bridgehead atoms. The second kappa shape index (κ2) is 6.06. The molecule has 0 atom stereocenters. The van der Waals surface area contributed by atoms with Crippen LogP contribution in [0.1, 0.15) is 23.0 Å². The lowest BCUT2D eigenvalue weighted by Gasteiger charge is -2.11. The minimum atomic E-state index is -0.224. The summed E-state index contributed by atoms with van der Waals surface area (Å²) in [5, 5.41) is 12.0. The monoisotopic (exact) mass is 260 g/mol. The quantitative estimate of drug-likeness (QED) is 0.771. The van der Waals surface area contributed by atoms with Gasteiger partial charge < -0.3 is 20.1 Å². The molecule has 3 N–H and O–H groups in total. The number of hydrogen-bond donors (Lipinski definition) is 3. The molecule has 5 heteroatoms. The molecule has 0 spiro atoms. The summed E-state index contributed by atoms with van der Waals surface area (Å²) < 4.78 is 5.38. The number of H-pyrrole nitrogens is 1. The Morgan fingerprint density at radius 1 is 1.42 bits per heavy atom. The van der Waals surface area contributed by atoms with Crippen molar-refractivity contribution in [3.05, 3.63) is 47.8 Å². The third-order valence-corrected chi connectivity index (χ3v) is 2.63. The van der Waals surface area contributed by atoms with Crippen LogP contribution in [-0.4, -0.2) is 22.6 Å². The van der Waals surface area contributed by atoms with Gasteiger partial charge in [0.25, 0.3) is 5.91 Å². The van der Waals surface area contributed by atoms with Crippen molar-refractivity contribution in [3.63, 3.8) is 0 Å². The number of rotatable bonds is 5. The van der Waals surface area contributed by atoms with Crippen LogP contribution >= 0.6 is 0 Å². The molecule has 19 heavy (non-hydrogen) atoms. The molecule has 0 aliphatic carbocycles. The largest absolute Gasteiger partial charge is 0.494 e. The molecule has 1 aromatic carbocycles. The van der Waals surface area contributed by atoms with Gasteiger partial charge in [-0.05, 0) is 37.3 Å². The molecular formula is C14H16N2O3. The van der Waals surface area contributed by atoms with E-state index in [9.17, 15) is 9.90 Å². The van der Waals surface area contributed by atoms with Crippen LogP contribution in [0.3, 0.4) is 0 Å². The maximum atomic E-state index is 11.8. The molecule has 0 unspecified atom stereocenters. The molecular weight excluding hydrogens is 244 g/mol. The average molecular weight is 260 g/mol. The van der Waals surface area contributed by atoms with Gasteiger partial charge in [0, 0.05) is 17.4 Å². The number of hydrogen-bond acceptors (Lipinski definition) is 3. The fourth-order valence-corrected chi connectivity index (χ4v) is 1.75. The average Bonchev–Trinajstić information content (AvgIpc) is 2.94. The Labute approximate surface area is 111 Å². The van der Waals surface area contributed by atoms with Crippen molar-refractivity contribution in [1.82, 2.24) is 4.98 Å². The molecule has 100 valence electrons. The summed E-state index contributed by atoms with van der Waals surface area (Å²) in [7, 11) is 0. The summed E-state index contributed by atoms with van der Waals surface area (Å²) in [6.45, 7) is 2.27. The van der Waals surface area contributed by atoms with Crippen LogP contribution in [0.4, 0.5) is 5.69 Å². The highest BCUT2D eigenvalue weighted by atomic mass is 16.5. The predicted octanol–water partition coefficient (Wildman–Crippen LogP) is 2.16. The van der Waals surface area contributed by atoms with E-state index in [1.54, 1.807) is 36.5 Å². The molecule has 0 saturated heterocycles. The van der Waals surface area contributed by atoms with Crippen LogP contribution in [0, 0.1) is 0 Å². The van der Waals surface area contributed by atoms with E-state index >= 15 is 0 Å². The van der Waals surface area contributed by atoms with E-state index in [4.69, 9.17) is 4.74 Å². The maximum Gasteiger partial charge on any atom is 0.272 e. The lowest BCUT2D eigenvalue weighted by molar-refractivity contribution is 0.102. The SMILES string of the molecule is CCOc1ccc(NC(=O)c2ccc[nH]2)cc1CO. The number of aliphatic hydroxyl groups excluding tert-OH is 1. The zero-order chi connectivity index (χ0) is 13.7. The Kier molecular flexibility index (Phi) is 4.20. The van der Waals surface area contributed by atoms with Gasteiger partial charge in [-0.2, -0.15) is 0 Å². The van der Waals surface area contributed by atoms with Gasteiger partial charge >= 0.3 is 0 Å². The predicted molar refractivity (Wildman–Crippen MR) is 72.3 cm³/mol. The van der Waals surface area contributed by atoms with Gasteiger partial charge in [-0.25, -0.2) is 0 Å². The third kappa shape index (κ3) is 3.14. The summed E-state index contributed by atoms with van der Waals surface area (Å²) in [6.07, 6.45) is 1.69. The number of aromatic nitrogens is 1. The molecule has 0 fully saturated rings. The molecule has 0 radical (unpaired) electrons. The van der Waals surface area contributed by atoms with Gasteiger partial charge in [0.2, 0.25) is 0 Å². The highest BCUT2D eigenvalue weighted by molar-refractivity contribution is 6.03. The number of nitrogens with one attached hydrogen (secondary N) is 2. The summed E-state index contributed by atoms with van der Waals surface area (Å²) in [4.78, 5) is 14.7. The Bertz CT molecular complexity index is 550. The summed E-state index contributed by atoms with van der Waals surface area (Å²) >= 11 is 0. The number of carbonyl (C=O) groups excluding carboxylic acids is 1. The van der Waals surface area contributed by atoms with Crippen molar-refractivity contribution in [2.45, 2.75) is 13.5 Å². The second-order valence-electron chi connectivity index (χ2n) is 3.95. The third-order valence-electron chi connectivity index (χ3n) is 2.63. The van der Waals surface area contributed by atoms with E-state index in [1.165, 1.54) is 0 Å². The number of aliphatic hydroxyl groups is 1. The molecule has 0 saturated carbocycles. The van der Waals surface area contributed by atoms with Crippen molar-refractivity contribution in [2.75, 3.05) is 11.9 Å². The maximum absolute atomic E-state index is 11.8. The Morgan fingerprint density at radius 2 is 2.26 bits per heavy atom. The molecule has 1 heterocycles. The van der Waals surface area contributed by atoms with Gasteiger partial charge in [-0.15, -0.1) is 0 Å². The zero-order valence-corrected chi connectivity index (χ0v) is 10.6. The highest BCUT2D eigenvalue weighted by Gasteiger charge is 2.09. The Balaban J connectivity index is 2.15. The zero-order valence-electron chi connectivity index (χ0n) is 10.6. The first kappa shape index (κ1) is 13.2. The highest BCUT2D eigenvalue weighted by Crippen LogP contribution is 2.23. The van der Waals surface area contributed by atoms with E-state index in [0.717, 1.165) is 0 Å². The molecule has 1 amide bonds. The number of carbonyl (C=O) groups is 1. The second-order valence-corrected chi connectivity index (χ2v) is 3.95. The summed E-state index contributed by atoms with van der Waals surface area (Å²) in [5.74, 6) is 0.404. The molecule has 2 rings (SSSR count). The minimum Gasteiger partial charge on any atom is -0.494 e. The van der Waals surface area contributed by atoms with Crippen molar-refractivity contribution in [2.24, 2.45) is 0 Å². The van der Waals surface area contributed by atoms with Gasteiger partial charge in [-0.3, -0.25) is 4.79 Å². The lowest BCUT2D eigenvalue weighted by Crippen LogP contribution is -2.12. The van der Waals surface area contributed by atoms with Crippen LogP contribution in [0.15, 0.2) is 36.5 Å². The lowest BCUT2D eigenvalue weighted by atomic mass is 10.2. The number of benzene rings is 1. The van der Waals surface area contributed by atoms with E-state index in [-0.39, 0.29) is 12.5 Å². The Morgan fingerprint density at radius 3 is 2.89 bits per heavy atom. The molecule has 5 nitrogen and oxygen atoms in total. The van der Waals surface area contributed by atoms with Crippen molar-refractivity contribution in [3.8, 4) is 5.75 Å². The van der Waals surface area contributed by atoms with Crippen LogP contribution in [0.5, 0.6) is 5.75 Å². The topological polar surface area (TPSA) is 74.3 Å². The number of ether oxygens (including phenoxy) is 1.